The van der Waals surface area contributed by atoms with Crippen molar-refractivity contribution >= 4 is 52.9 Å². The molecule has 0 aromatic rings. The Morgan fingerprint density at radius 1 is 0.430 bits per heavy atom. The average molecular weight is 1750 g/mol. The second-order valence-electron chi connectivity index (χ2n) is 43.4. The molecule has 12 heteroatoms. The van der Waals surface area contributed by atoms with Gasteiger partial charge in [-0.05, 0) is 251 Å². The van der Waals surface area contributed by atoms with Crippen molar-refractivity contribution in [2.45, 2.75) is 355 Å². The molecule has 2 heterocycles. The third-order valence-electron chi connectivity index (χ3n) is 35.9. The summed E-state index contributed by atoms with van der Waals surface area (Å²) in [4.78, 5) is 65.9. The van der Waals surface area contributed by atoms with Crippen molar-refractivity contribution in [1.29, 1.82) is 5.26 Å². The number of nitriles is 1. The largest absolute Gasteiger partial charge is 0.347 e. The first-order chi connectivity index (χ1) is 56.6. The number of rotatable bonds is 0. The highest BCUT2D eigenvalue weighted by molar-refractivity contribution is 14.0. The van der Waals surface area contributed by atoms with Gasteiger partial charge in [0.2, 0.25) is 5.70 Å². The van der Waals surface area contributed by atoms with Crippen LogP contribution in [0.5, 0.6) is 0 Å². The van der Waals surface area contributed by atoms with Gasteiger partial charge in [-0.2, -0.15) is 5.26 Å². The van der Waals surface area contributed by atoms with Crippen LogP contribution in [0.4, 0.5) is 0 Å². The van der Waals surface area contributed by atoms with Gasteiger partial charge in [-0.15, -0.1) is 54.1 Å². The van der Waals surface area contributed by atoms with Crippen LogP contribution < -0.4 is 0 Å². The molecule has 652 valence electrons. The lowest BCUT2D eigenvalue weighted by Gasteiger charge is -2.64. The molecular formula is C109H145IN2O9. The first-order valence-corrected chi connectivity index (χ1v) is 47.1. The number of terminal acetylenes is 1. The number of Topliss-reactive ketones (excluding diaryl/α,β-unsaturated/α-hetero) is 3. The van der Waals surface area contributed by atoms with Gasteiger partial charge in [0.05, 0.1) is 65.6 Å². The van der Waals surface area contributed by atoms with E-state index >= 15 is 0 Å². The van der Waals surface area contributed by atoms with Crippen LogP contribution in [-0.4, -0.2) is 66.9 Å². The van der Waals surface area contributed by atoms with Crippen molar-refractivity contribution in [3.05, 3.63) is 93.1 Å². The van der Waals surface area contributed by atoms with Gasteiger partial charge in [-0.3, -0.25) is 19.2 Å². The van der Waals surface area contributed by atoms with E-state index in [-0.39, 0.29) is 135 Å². The number of allylic oxidation sites excluding steroid dienone is 14. The maximum Gasteiger partial charge on any atom is 0.226 e. The Hall–Kier alpha value is -6.12. The van der Waals surface area contributed by atoms with E-state index in [1.54, 1.807) is 34.9 Å². The van der Waals surface area contributed by atoms with Crippen LogP contribution >= 0.6 is 24.0 Å². The predicted octanol–water partition coefficient (Wildman–Crippen LogP) is 24.7. The molecule has 9 saturated carbocycles. The molecule has 2 spiro atoms. The zero-order valence-electron chi connectivity index (χ0n) is 77.6. The van der Waals surface area contributed by atoms with Gasteiger partial charge >= 0.3 is 0 Å². The smallest absolute Gasteiger partial charge is 0.226 e. The summed E-state index contributed by atoms with van der Waals surface area (Å²) in [6, 6.07) is 2.00. The summed E-state index contributed by atoms with van der Waals surface area (Å²) in [6.07, 6.45) is 54.7. The summed E-state index contributed by atoms with van der Waals surface area (Å²) < 4.78 is 24.9. The first kappa shape index (κ1) is 94.0. The van der Waals surface area contributed by atoms with E-state index in [9.17, 15) is 29.2 Å². The fourth-order valence-corrected chi connectivity index (χ4v) is 29.8. The molecule has 0 N–H and O–H groups in total. The van der Waals surface area contributed by atoms with Gasteiger partial charge in [0, 0.05) is 90.3 Å². The number of fused-ring (bicyclic) bond motifs is 15. The van der Waals surface area contributed by atoms with Gasteiger partial charge in [-0.1, -0.05) is 185 Å². The number of nitrogens with zero attached hydrogens (tertiary/aromatic N) is 2. The van der Waals surface area contributed by atoms with Gasteiger partial charge < -0.3 is 23.7 Å². The monoisotopic (exact) mass is 1750 g/mol. The fraction of sp³-hybridized carbons (Fsp3) is 0.716. The minimum absolute atomic E-state index is 0. The van der Waals surface area contributed by atoms with Crippen LogP contribution in [0.15, 0.2) is 81.7 Å². The minimum atomic E-state index is -0.698. The number of halogens is 1. The second-order valence-corrected chi connectivity index (χ2v) is 43.4. The van der Waals surface area contributed by atoms with Crippen LogP contribution in [-0.2, 0) is 42.9 Å². The molecule has 0 radical (unpaired) electrons. The summed E-state index contributed by atoms with van der Waals surface area (Å²) >= 11 is 0. The first-order valence-electron chi connectivity index (χ1n) is 47.1. The van der Waals surface area contributed by atoms with Crippen LogP contribution in [0.2, 0.25) is 0 Å². The predicted molar refractivity (Wildman–Crippen MR) is 493 cm³/mol. The van der Waals surface area contributed by atoms with Gasteiger partial charge in [0.1, 0.15) is 17.6 Å². The number of hydrogen-bond acceptors (Lipinski definition) is 10. The summed E-state index contributed by atoms with van der Waals surface area (Å²) in [7, 11) is 0. The van der Waals surface area contributed by atoms with E-state index in [1.165, 1.54) is 89.0 Å². The number of ketones is 5. The topological polar surface area (TPSA) is 150 Å². The lowest BCUT2D eigenvalue weighted by molar-refractivity contribution is -0.284. The summed E-state index contributed by atoms with van der Waals surface area (Å²) in [5.74, 6) is 32.7. The Bertz CT molecular complexity index is 4780. The zero-order chi connectivity index (χ0) is 87.0. The third-order valence-corrected chi connectivity index (χ3v) is 35.9. The number of ether oxygens (including phenoxy) is 4. The molecular weight excluding hydrogens is 1610 g/mol. The van der Waals surface area contributed by atoms with E-state index in [0.29, 0.717) is 60.9 Å². The third kappa shape index (κ3) is 15.1. The summed E-state index contributed by atoms with van der Waals surface area (Å²) in [5.41, 5.74) is 5.48. The standard InChI is InChI=1S/C23H22N2O2.C23H34O2.C21H30O2.C21H28O2.C21H30O.HI/c1-6-7-9-23-10-8-18-21(2,3)20(27)16(25-5)13-22(18,4)19(23)11-17(26)15(12-23)14-24;1-5-6-11-22-12-8-7-9-19(22)21(4)14-15-23(24-16-17-25-23)20(2,3)18(21)10-13-22;1-5-20-10-7-6-8-17(20)19(4)12-13-21(22-14-15-23-21)18(2,3)16(19)9-11-20;1-5-6-10-21-12-7-15(22)14-17(21)20(4)11-9-18(23)19(2,3)16(20)8-13-21;1-5-6-12-21-13-8-7-9-17(21)20(4)14-11-18(22)19(2,3)16(20)10-15-21;/h11-13,18H,6,8,10H2,1-4H3;9,18H,5,7-8,10,12-17H2,1-4H3;1,8,16H,6-7,9-15H2,2-4H3;14,16H,5,7-9,11-13H2,1-4H3;9,16H,5,7-8,10-11,13-15H2,1-4H3;1H/t18-,22-,23-;18-,21-,22+;16-,19-,20+;2*16-,20-,21+;/m00000./s1. The molecule has 0 aromatic heterocycles. The van der Waals surface area contributed by atoms with Crippen molar-refractivity contribution in [2.75, 3.05) is 26.4 Å². The van der Waals surface area contributed by atoms with Crippen LogP contribution in [0.3, 0.4) is 0 Å². The normalized spacial score (nSPS) is 39.1. The molecule has 17 rings (SSSR count). The molecule has 0 aromatic carbocycles. The molecule has 0 amide bonds. The summed E-state index contributed by atoms with van der Waals surface area (Å²) in [6.45, 7) is 52.4. The Labute approximate surface area is 747 Å². The van der Waals surface area contributed by atoms with Crippen molar-refractivity contribution in [3.63, 3.8) is 0 Å². The van der Waals surface area contributed by atoms with Crippen molar-refractivity contribution < 1.29 is 42.9 Å². The Kier molecular flexibility index (Phi) is 26.6. The quantitative estimate of drug-likeness (QED) is 0.0992. The number of hydrogen-bond donors (Lipinski definition) is 0. The molecule has 11 nitrogen and oxygen atoms in total. The second kappa shape index (κ2) is 34.2. The van der Waals surface area contributed by atoms with Crippen LogP contribution in [0.1, 0.15) is 343 Å². The molecule has 17 aliphatic rings. The van der Waals surface area contributed by atoms with Gasteiger partial charge in [0.25, 0.3) is 0 Å². The van der Waals surface area contributed by atoms with Crippen LogP contribution in [0, 0.1) is 188 Å². The highest BCUT2D eigenvalue weighted by Gasteiger charge is 2.70. The van der Waals surface area contributed by atoms with Crippen LogP contribution in [0.25, 0.3) is 4.85 Å². The van der Waals surface area contributed by atoms with Gasteiger partial charge in [0.15, 0.2) is 28.9 Å². The minimum Gasteiger partial charge on any atom is -0.347 e. The van der Waals surface area contributed by atoms with Crippen molar-refractivity contribution in [3.8, 4) is 65.8 Å². The zero-order valence-corrected chi connectivity index (χ0v) is 80.0. The Morgan fingerprint density at radius 2 is 0.818 bits per heavy atom. The fourth-order valence-electron chi connectivity index (χ4n) is 29.8. The molecule has 2 saturated heterocycles. The molecule has 15 aliphatic carbocycles. The van der Waals surface area contributed by atoms with E-state index in [2.05, 4.69) is 180 Å². The van der Waals surface area contributed by atoms with E-state index in [1.807, 2.05) is 39.8 Å². The lowest BCUT2D eigenvalue weighted by atomic mass is 9.43. The highest BCUT2D eigenvalue weighted by Crippen LogP contribution is 2.73. The molecule has 2 aliphatic heterocycles. The maximum absolute atomic E-state index is 12.8. The summed E-state index contributed by atoms with van der Waals surface area (Å²) in [5, 5.41) is 9.37. The molecule has 15 atom stereocenters. The maximum atomic E-state index is 12.8. The van der Waals surface area contributed by atoms with E-state index in [4.69, 9.17) is 31.9 Å². The van der Waals surface area contributed by atoms with Gasteiger partial charge in [-0.25, -0.2) is 4.85 Å². The average Bonchev–Trinajstić information content (AvgIpc) is 1.69. The Morgan fingerprint density at radius 3 is 1.25 bits per heavy atom. The highest BCUT2D eigenvalue weighted by atomic mass is 127. The van der Waals surface area contributed by atoms with E-state index in [0.717, 1.165) is 135 Å². The lowest BCUT2D eigenvalue weighted by Crippen LogP contribution is -2.61. The molecule has 11 fully saturated rings. The number of carbonyl (C=O) groups excluding carboxylic acids is 5. The Balaban J connectivity index is 0.000000138. The van der Waals surface area contributed by atoms with E-state index < -0.39 is 16.2 Å². The molecule has 0 unspecified atom stereocenters. The molecule has 121 heavy (non-hydrogen) atoms. The van der Waals surface area contributed by atoms with Crippen molar-refractivity contribution in [1.82, 2.24) is 0 Å². The SMILES string of the molecule is C#C[C@]12CCCC=C1[C@@]1(C)CCC3(OCCO3)C(C)(C)[C@@H]1CC2.CCC#C[C@]12CCC(=O)C=C1[C@@]1(C)CCC(=O)C(C)(C)[C@@H]1CC2.CCC#C[C@]12CCCC=C1[C@@]1(C)CCC(=O)C(C)(C)[C@@H]1CC2.CCC#C[C@]12CCCC=C1[C@@]1(C)CCC3(OCCO3)C(C)(C)[C@@H]1CC2.I.[C-]#[N+]C1=C[C@]2(C)C3=CC(=O)C(C#N)=C[C@]3(C#CCC)CC[C@H]2C(C)(C)C1=O. The van der Waals surface area contributed by atoms with Crippen molar-refractivity contribution in [2.24, 2.45) is 111 Å². The number of carbonyl (C=O) groups is 5. The molecule has 0 bridgehead atoms.